The van der Waals surface area contributed by atoms with Gasteiger partial charge in [0.1, 0.15) is 23.7 Å². The zero-order valence-electron chi connectivity index (χ0n) is 13.3. The van der Waals surface area contributed by atoms with Gasteiger partial charge in [0, 0.05) is 5.56 Å². The van der Waals surface area contributed by atoms with Crippen LogP contribution < -0.4 is 9.64 Å². The van der Waals surface area contributed by atoms with Gasteiger partial charge in [-0.1, -0.05) is 0 Å². The molecule has 0 saturated heterocycles. The summed E-state index contributed by atoms with van der Waals surface area (Å²) in [6.45, 7) is 4.78. The van der Waals surface area contributed by atoms with E-state index in [1.807, 2.05) is 31.3 Å². The van der Waals surface area contributed by atoms with Crippen molar-refractivity contribution in [3.63, 3.8) is 0 Å². The highest BCUT2D eigenvalue weighted by molar-refractivity contribution is 5.39. The minimum atomic E-state index is -0.368. The van der Waals surface area contributed by atoms with Gasteiger partial charge in [-0.15, -0.1) is 0 Å². The number of nitrogens with one attached hydrogen (secondary N) is 1. The van der Waals surface area contributed by atoms with E-state index in [1.54, 1.807) is 25.6 Å². The molecule has 1 aromatic heterocycles. The fraction of sp³-hybridized carbons (Fsp3) is 0.400. The molecule has 118 valence electrons. The van der Waals surface area contributed by atoms with Crippen molar-refractivity contribution in [3.8, 4) is 5.75 Å². The quantitative estimate of drug-likeness (QED) is 0.640. The maximum absolute atomic E-state index is 11.0. The van der Waals surface area contributed by atoms with Crippen LogP contribution in [0.3, 0.4) is 0 Å². The lowest BCUT2D eigenvalue weighted by Crippen LogP contribution is -3.07. The van der Waals surface area contributed by atoms with Crippen molar-refractivity contribution in [3.05, 3.63) is 51.3 Å². The highest BCUT2D eigenvalue weighted by atomic mass is 16.6. The number of nitro groups is 1. The third-order valence-electron chi connectivity index (χ3n) is 3.61. The van der Waals surface area contributed by atoms with Crippen LogP contribution in [0, 0.1) is 24.0 Å². The summed E-state index contributed by atoms with van der Waals surface area (Å²) in [6.07, 6.45) is 0. The first-order valence-electron chi connectivity index (χ1n) is 7.05. The second-order valence-corrected chi connectivity index (χ2v) is 5.42. The molecule has 0 aliphatic rings. The van der Waals surface area contributed by atoms with E-state index in [9.17, 15) is 10.1 Å². The SMILES string of the molecule is COc1ccc(C[NH+](C)Cn2nc(C)c([N+](=O)[O-])c2C)cc1. The second-order valence-electron chi connectivity index (χ2n) is 5.42. The maximum Gasteiger partial charge on any atom is 0.312 e. The molecular weight excluding hydrogens is 284 g/mol. The first-order chi connectivity index (χ1) is 10.4. The molecule has 0 bridgehead atoms. The first-order valence-corrected chi connectivity index (χ1v) is 7.05. The van der Waals surface area contributed by atoms with Crippen LogP contribution in [0.2, 0.25) is 0 Å². The molecule has 0 fully saturated rings. The van der Waals surface area contributed by atoms with Gasteiger partial charge in [-0.05, 0) is 38.1 Å². The lowest BCUT2D eigenvalue weighted by atomic mass is 10.2. The van der Waals surface area contributed by atoms with E-state index < -0.39 is 0 Å². The molecule has 7 nitrogen and oxygen atoms in total. The fourth-order valence-electron chi connectivity index (χ4n) is 2.51. The zero-order chi connectivity index (χ0) is 16.3. The van der Waals surface area contributed by atoms with Crippen molar-refractivity contribution < 1.29 is 14.6 Å². The Morgan fingerprint density at radius 3 is 2.45 bits per heavy atom. The van der Waals surface area contributed by atoms with E-state index in [0.29, 0.717) is 18.1 Å². The van der Waals surface area contributed by atoms with Crippen molar-refractivity contribution in [2.45, 2.75) is 27.1 Å². The summed E-state index contributed by atoms with van der Waals surface area (Å²) in [5, 5.41) is 15.3. The minimum Gasteiger partial charge on any atom is -0.497 e. The number of hydrogen-bond acceptors (Lipinski definition) is 4. The van der Waals surface area contributed by atoms with Crippen LogP contribution in [0.15, 0.2) is 24.3 Å². The monoisotopic (exact) mass is 305 g/mol. The van der Waals surface area contributed by atoms with Gasteiger partial charge in [0.2, 0.25) is 0 Å². The van der Waals surface area contributed by atoms with Crippen molar-refractivity contribution in [2.24, 2.45) is 0 Å². The number of aromatic nitrogens is 2. The molecule has 1 aromatic carbocycles. The highest BCUT2D eigenvalue weighted by Crippen LogP contribution is 2.20. The van der Waals surface area contributed by atoms with E-state index in [-0.39, 0.29) is 10.6 Å². The fourth-order valence-corrected chi connectivity index (χ4v) is 2.51. The molecule has 0 aliphatic heterocycles. The average molecular weight is 305 g/mol. The molecule has 1 unspecified atom stereocenters. The second kappa shape index (κ2) is 6.57. The molecule has 0 radical (unpaired) electrons. The predicted molar refractivity (Wildman–Crippen MR) is 81.9 cm³/mol. The zero-order valence-corrected chi connectivity index (χ0v) is 13.3. The summed E-state index contributed by atoms with van der Waals surface area (Å²) in [5.41, 5.74) is 2.34. The van der Waals surface area contributed by atoms with Gasteiger partial charge in [-0.3, -0.25) is 10.1 Å². The molecule has 0 amide bonds. The minimum absolute atomic E-state index is 0.109. The van der Waals surface area contributed by atoms with E-state index in [4.69, 9.17) is 4.74 Å². The van der Waals surface area contributed by atoms with Gasteiger partial charge in [0.15, 0.2) is 6.67 Å². The number of ether oxygens (including phenoxy) is 1. The number of hydrogen-bond donors (Lipinski definition) is 1. The highest BCUT2D eigenvalue weighted by Gasteiger charge is 2.23. The average Bonchev–Trinajstić information content (AvgIpc) is 2.74. The Morgan fingerprint density at radius 1 is 1.32 bits per heavy atom. The van der Waals surface area contributed by atoms with Crippen molar-refractivity contribution in [1.82, 2.24) is 9.78 Å². The van der Waals surface area contributed by atoms with Gasteiger partial charge < -0.3 is 9.64 Å². The maximum atomic E-state index is 11.0. The molecule has 0 saturated carbocycles. The first kappa shape index (κ1) is 16.0. The van der Waals surface area contributed by atoms with Gasteiger partial charge in [0.25, 0.3) is 0 Å². The summed E-state index contributed by atoms with van der Waals surface area (Å²) < 4.78 is 6.84. The summed E-state index contributed by atoms with van der Waals surface area (Å²) in [6, 6.07) is 7.89. The number of benzene rings is 1. The van der Waals surface area contributed by atoms with Crippen LogP contribution in [0.25, 0.3) is 0 Å². The lowest BCUT2D eigenvalue weighted by molar-refractivity contribution is -0.917. The van der Waals surface area contributed by atoms with E-state index in [1.165, 1.54) is 10.5 Å². The van der Waals surface area contributed by atoms with Crippen molar-refractivity contribution >= 4 is 5.69 Å². The van der Waals surface area contributed by atoms with Crippen molar-refractivity contribution in [2.75, 3.05) is 14.2 Å². The smallest absolute Gasteiger partial charge is 0.312 e. The van der Waals surface area contributed by atoms with Gasteiger partial charge >= 0.3 is 5.69 Å². The third-order valence-corrected chi connectivity index (χ3v) is 3.61. The molecular formula is C15H21N4O3+. The molecule has 7 heteroatoms. The van der Waals surface area contributed by atoms with Gasteiger partial charge in [0.05, 0.1) is 19.1 Å². The molecule has 0 spiro atoms. The van der Waals surface area contributed by atoms with E-state index in [0.717, 1.165) is 12.3 Å². The summed E-state index contributed by atoms with van der Waals surface area (Å²) >= 11 is 0. The number of rotatable bonds is 6. The largest absolute Gasteiger partial charge is 0.497 e. The van der Waals surface area contributed by atoms with Crippen LogP contribution in [0.5, 0.6) is 5.75 Å². The van der Waals surface area contributed by atoms with Gasteiger partial charge in [-0.2, -0.15) is 5.10 Å². The molecule has 22 heavy (non-hydrogen) atoms. The topological polar surface area (TPSA) is 74.6 Å². The molecule has 0 aliphatic carbocycles. The molecule has 2 rings (SSSR count). The Bertz CT molecular complexity index is 664. The Morgan fingerprint density at radius 2 is 1.95 bits per heavy atom. The molecule has 1 N–H and O–H groups in total. The van der Waals surface area contributed by atoms with E-state index >= 15 is 0 Å². The number of methoxy groups -OCH3 is 1. The van der Waals surface area contributed by atoms with Crippen LogP contribution in [0.4, 0.5) is 5.69 Å². The summed E-state index contributed by atoms with van der Waals surface area (Å²) in [4.78, 5) is 11.8. The van der Waals surface area contributed by atoms with Crippen LogP contribution in [0.1, 0.15) is 17.0 Å². The Balaban J connectivity index is 2.07. The Kier molecular flexibility index (Phi) is 4.77. The van der Waals surface area contributed by atoms with Crippen molar-refractivity contribution in [1.29, 1.82) is 0 Å². The van der Waals surface area contributed by atoms with E-state index in [2.05, 4.69) is 5.10 Å². The molecule has 1 atom stereocenters. The third kappa shape index (κ3) is 3.43. The standard InChI is InChI=1S/C15H20N4O3/c1-11-15(19(20)21)12(2)18(16-11)10-17(3)9-13-5-7-14(22-4)8-6-13/h5-8H,9-10H2,1-4H3/p+1. The summed E-state index contributed by atoms with van der Waals surface area (Å²) in [5.74, 6) is 0.829. The Hall–Kier alpha value is -2.41. The van der Waals surface area contributed by atoms with Gasteiger partial charge in [-0.25, -0.2) is 4.68 Å². The number of nitrogens with zero attached hydrogens (tertiary/aromatic N) is 3. The predicted octanol–water partition coefficient (Wildman–Crippen LogP) is 1.09. The van der Waals surface area contributed by atoms with Crippen LogP contribution >= 0.6 is 0 Å². The lowest BCUT2D eigenvalue weighted by Gasteiger charge is -2.15. The number of quaternary nitrogens is 1. The van der Waals surface area contributed by atoms with Crippen LogP contribution in [-0.2, 0) is 13.2 Å². The number of aryl methyl sites for hydroxylation is 1. The Labute approximate surface area is 129 Å². The molecule has 1 heterocycles. The molecule has 2 aromatic rings. The normalized spacial score (nSPS) is 12.2. The summed E-state index contributed by atoms with van der Waals surface area (Å²) in [7, 11) is 3.68. The van der Waals surface area contributed by atoms with Crippen LogP contribution in [-0.4, -0.2) is 28.9 Å².